The summed E-state index contributed by atoms with van der Waals surface area (Å²) in [6, 6.07) is 5.78. The zero-order chi connectivity index (χ0) is 14.8. The third kappa shape index (κ3) is 3.23. The van der Waals surface area contributed by atoms with Gasteiger partial charge in [0, 0.05) is 30.9 Å². The quantitative estimate of drug-likeness (QED) is 0.916. The van der Waals surface area contributed by atoms with E-state index in [2.05, 4.69) is 43.1 Å². The molecule has 2 atom stereocenters. The topological polar surface area (TPSA) is 28.2 Å². The van der Waals surface area contributed by atoms with Crippen LogP contribution >= 0.6 is 0 Å². The Hall–Kier alpha value is -1.09. The first-order valence-corrected chi connectivity index (χ1v) is 8.61. The van der Waals surface area contributed by atoms with Crippen molar-refractivity contribution in [3.8, 4) is 0 Å². The van der Waals surface area contributed by atoms with E-state index in [1.807, 2.05) is 0 Å². The first kappa shape index (κ1) is 14.8. The number of hydrogen-bond donors (Lipinski definition) is 1. The maximum absolute atomic E-state index is 4.91. The Kier molecular flexibility index (Phi) is 4.48. The maximum atomic E-state index is 4.91. The van der Waals surface area contributed by atoms with Gasteiger partial charge in [-0.25, -0.2) is 4.98 Å². The summed E-state index contributed by atoms with van der Waals surface area (Å²) < 4.78 is 0. The van der Waals surface area contributed by atoms with Crippen molar-refractivity contribution in [2.45, 2.75) is 71.5 Å². The molecule has 0 spiro atoms. The normalized spacial score (nSPS) is 25.4. The first-order valence-electron chi connectivity index (χ1n) is 8.61. The van der Waals surface area contributed by atoms with E-state index in [1.165, 1.54) is 55.7 Å². The molecular formula is C18H29N3. The molecule has 2 fully saturated rings. The third-order valence-electron chi connectivity index (χ3n) is 5.19. The number of rotatable bonds is 4. The largest absolute Gasteiger partial charge is 0.353 e. The van der Waals surface area contributed by atoms with Gasteiger partial charge in [0.15, 0.2) is 0 Å². The Morgan fingerprint density at radius 3 is 2.81 bits per heavy atom. The number of anilines is 1. The lowest BCUT2D eigenvalue weighted by atomic mass is 9.85. The molecule has 1 saturated carbocycles. The van der Waals surface area contributed by atoms with Crippen LogP contribution in [0.1, 0.15) is 57.2 Å². The fourth-order valence-electron chi connectivity index (χ4n) is 3.93. The van der Waals surface area contributed by atoms with Gasteiger partial charge in [-0.3, -0.25) is 0 Å². The predicted molar refractivity (Wildman–Crippen MR) is 88.7 cm³/mol. The number of aromatic nitrogens is 1. The minimum Gasteiger partial charge on any atom is -0.353 e. The van der Waals surface area contributed by atoms with Gasteiger partial charge in [0.1, 0.15) is 5.82 Å². The smallest absolute Gasteiger partial charge is 0.129 e. The van der Waals surface area contributed by atoms with E-state index in [-0.39, 0.29) is 0 Å². The highest BCUT2D eigenvalue weighted by molar-refractivity contribution is 5.44. The molecule has 0 radical (unpaired) electrons. The van der Waals surface area contributed by atoms with Crippen molar-refractivity contribution in [2.24, 2.45) is 5.92 Å². The summed E-state index contributed by atoms with van der Waals surface area (Å²) in [4.78, 5) is 7.49. The second kappa shape index (κ2) is 6.35. The van der Waals surface area contributed by atoms with Crippen LogP contribution in [0.3, 0.4) is 0 Å². The summed E-state index contributed by atoms with van der Waals surface area (Å²) in [6.07, 6.45) is 6.98. The second-order valence-electron chi connectivity index (χ2n) is 7.04. The van der Waals surface area contributed by atoms with Crippen molar-refractivity contribution < 1.29 is 0 Å². The van der Waals surface area contributed by atoms with Gasteiger partial charge < -0.3 is 10.2 Å². The van der Waals surface area contributed by atoms with Gasteiger partial charge in [-0.15, -0.1) is 0 Å². The molecule has 1 aliphatic carbocycles. The summed E-state index contributed by atoms with van der Waals surface area (Å²) in [5, 5.41) is 3.48. The van der Waals surface area contributed by atoms with E-state index in [0.717, 1.165) is 18.5 Å². The van der Waals surface area contributed by atoms with Crippen LogP contribution in [0.15, 0.2) is 12.1 Å². The van der Waals surface area contributed by atoms with Crippen LogP contribution < -0.4 is 10.2 Å². The van der Waals surface area contributed by atoms with Crippen LogP contribution in [-0.4, -0.2) is 23.6 Å². The first-order chi connectivity index (χ1) is 10.1. The number of fused-ring (bicyclic) bond motifs is 1. The molecule has 1 saturated heterocycles. The Bertz CT molecular complexity index is 483. The summed E-state index contributed by atoms with van der Waals surface area (Å²) in [5.41, 5.74) is 2.51. The molecule has 21 heavy (non-hydrogen) atoms. The maximum Gasteiger partial charge on any atom is 0.129 e. The molecule has 3 heteroatoms. The Morgan fingerprint density at radius 1 is 1.24 bits per heavy atom. The molecule has 2 heterocycles. The summed E-state index contributed by atoms with van der Waals surface area (Å²) >= 11 is 0. The molecule has 3 nitrogen and oxygen atoms in total. The molecule has 0 aromatic carbocycles. The van der Waals surface area contributed by atoms with Gasteiger partial charge in [-0.1, -0.05) is 32.8 Å². The predicted octanol–water partition coefficient (Wildman–Crippen LogP) is 3.66. The molecule has 1 aliphatic heterocycles. The average molecular weight is 287 g/mol. The van der Waals surface area contributed by atoms with Crippen LogP contribution in [0.4, 0.5) is 5.82 Å². The van der Waals surface area contributed by atoms with E-state index in [4.69, 9.17) is 4.98 Å². The summed E-state index contributed by atoms with van der Waals surface area (Å²) in [7, 11) is 0. The van der Waals surface area contributed by atoms with E-state index >= 15 is 0 Å². The highest BCUT2D eigenvalue weighted by Crippen LogP contribution is 2.38. The zero-order valence-electron chi connectivity index (χ0n) is 13.7. The van der Waals surface area contributed by atoms with Crippen LogP contribution in [0.5, 0.6) is 0 Å². The second-order valence-corrected chi connectivity index (χ2v) is 7.04. The molecule has 1 aromatic heterocycles. The molecule has 3 rings (SSSR count). The van der Waals surface area contributed by atoms with Crippen molar-refractivity contribution in [2.75, 3.05) is 11.4 Å². The zero-order valence-corrected chi connectivity index (χ0v) is 13.7. The molecule has 1 N–H and O–H groups in total. The fraction of sp³-hybridized carbons (Fsp3) is 0.722. The minimum atomic E-state index is 0.519. The van der Waals surface area contributed by atoms with Gasteiger partial charge in [0.25, 0.3) is 0 Å². The lowest BCUT2D eigenvalue weighted by Crippen LogP contribution is -2.35. The third-order valence-corrected chi connectivity index (χ3v) is 5.19. The number of aryl methyl sites for hydroxylation is 1. The lowest BCUT2D eigenvalue weighted by molar-refractivity contribution is 0.341. The van der Waals surface area contributed by atoms with Crippen molar-refractivity contribution in [1.29, 1.82) is 0 Å². The molecule has 116 valence electrons. The highest BCUT2D eigenvalue weighted by atomic mass is 15.2. The highest BCUT2D eigenvalue weighted by Gasteiger charge is 2.36. The fourth-order valence-corrected chi connectivity index (χ4v) is 3.93. The molecule has 0 bridgehead atoms. The molecular weight excluding hydrogens is 258 g/mol. The van der Waals surface area contributed by atoms with Crippen molar-refractivity contribution >= 4 is 5.82 Å². The SMILES string of the molecule is Cc1nc(N2CCC3CCCCC32)ccc1CNC(C)C. The summed E-state index contributed by atoms with van der Waals surface area (Å²) in [5.74, 6) is 2.12. The van der Waals surface area contributed by atoms with Gasteiger partial charge in [0.05, 0.1) is 0 Å². The molecule has 2 aliphatic rings. The van der Waals surface area contributed by atoms with Gasteiger partial charge in [-0.2, -0.15) is 0 Å². The van der Waals surface area contributed by atoms with Gasteiger partial charge in [0.2, 0.25) is 0 Å². The van der Waals surface area contributed by atoms with E-state index in [0.29, 0.717) is 6.04 Å². The van der Waals surface area contributed by atoms with Crippen LogP contribution in [-0.2, 0) is 6.54 Å². The van der Waals surface area contributed by atoms with Crippen molar-refractivity contribution in [1.82, 2.24) is 10.3 Å². The standard InChI is InChI=1S/C18H29N3/c1-13(2)19-12-16-8-9-18(20-14(16)3)21-11-10-15-6-4-5-7-17(15)21/h8-9,13,15,17,19H,4-7,10-12H2,1-3H3. The van der Waals surface area contributed by atoms with Crippen LogP contribution in [0.25, 0.3) is 0 Å². The van der Waals surface area contributed by atoms with Gasteiger partial charge in [-0.05, 0) is 43.7 Å². The Morgan fingerprint density at radius 2 is 2.05 bits per heavy atom. The number of nitrogens with zero attached hydrogens (tertiary/aromatic N) is 2. The molecule has 0 amide bonds. The van der Waals surface area contributed by atoms with Gasteiger partial charge >= 0.3 is 0 Å². The van der Waals surface area contributed by atoms with Crippen molar-refractivity contribution in [3.05, 3.63) is 23.4 Å². The lowest BCUT2D eigenvalue weighted by Gasteiger charge is -2.32. The Labute approximate surface area is 129 Å². The Balaban J connectivity index is 1.72. The van der Waals surface area contributed by atoms with E-state index in [9.17, 15) is 0 Å². The van der Waals surface area contributed by atoms with Crippen LogP contribution in [0, 0.1) is 12.8 Å². The van der Waals surface area contributed by atoms with E-state index in [1.54, 1.807) is 0 Å². The minimum absolute atomic E-state index is 0.519. The number of pyridine rings is 1. The summed E-state index contributed by atoms with van der Waals surface area (Å²) in [6.45, 7) is 8.64. The number of nitrogens with one attached hydrogen (secondary N) is 1. The molecule has 2 unspecified atom stereocenters. The molecule has 1 aromatic rings. The number of hydrogen-bond acceptors (Lipinski definition) is 3. The van der Waals surface area contributed by atoms with Crippen LogP contribution in [0.2, 0.25) is 0 Å². The van der Waals surface area contributed by atoms with Crippen molar-refractivity contribution in [3.63, 3.8) is 0 Å². The van der Waals surface area contributed by atoms with E-state index < -0.39 is 0 Å². The average Bonchev–Trinajstić information content (AvgIpc) is 2.89. The monoisotopic (exact) mass is 287 g/mol.